The Morgan fingerprint density at radius 2 is 2.06 bits per heavy atom. The van der Waals surface area contributed by atoms with Crippen molar-refractivity contribution in [1.29, 1.82) is 0 Å². The zero-order chi connectivity index (χ0) is 24.0. The van der Waals surface area contributed by atoms with Crippen LogP contribution in [-0.2, 0) is 16.0 Å². The van der Waals surface area contributed by atoms with E-state index in [2.05, 4.69) is 21.2 Å². The van der Waals surface area contributed by atoms with Crippen LogP contribution in [-0.4, -0.2) is 54.6 Å². The molecule has 5 atom stereocenters. The number of methoxy groups -OCH3 is 1. The van der Waals surface area contributed by atoms with E-state index in [4.69, 9.17) is 9.47 Å². The molecule has 1 saturated heterocycles. The molecule has 12 heteroatoms. The molecule has 3 unspecified atom stereocenters. The average molecular weight is 473 g/mol. The van der Waals surface area contributed by atoms with Crippen molar-refractivity contribution in [2.75, 3.05) is 7.11 Å². The number of carbonyl (C=O) groups is 2. The van der Waals surface area contributed by atoms with Crippen molar-refractivity contribution in [1.82, 2.24) is 26.5 Å². The Labute approximate surface area is 190 Å². The molecule has 9 nitrogen and oxygen atoms in total. The minimum Gasteiger partial charge on any atom is -0.481 e. The number of alkyl halides is 3. The summed E-state index contributed by atoms with van der Waals surface area (Å²) in [6.45, 7) is 1.35. The maximum Gasteiger partial charge on any atom is 0.408 e. The van der Waals surface area contributed by atoms with Crippen LogP contribution < -0.4 is 26.2 Å². The van der Waals surface area contributed by atoms with Gasteiger partial charge in [-0.25, -0.2) is 15.2 Å². The molecule has 1 aromatic rings. The Kier molecular flexibility index (Phi) is 8.35. The molecule has 33 heavy (non-hydrogen) atoms. The lowest BCUT2D eigenvalue weighted by molar-refractivity contribution is -0.155. The Hall–Kier alpha value is -2.60. The lowest BCUT2D eigenvalue weighted by Crippen LogP contribution is -2.46. The van der Waals surface area contributed by atoms with E-state index in [1.54, 1.807) is 18.3 Å². The van der Waals surface area contributed by atoms with Crippen LogP contribution >= 0.6 is 0 Å². The molecule has 2 heterocycles. The van der Waals surface area contributed by atoms with Crippen molar-refractivity contribution in [3.63, 3.8) is 0 Å². The summed E-state index contributed by atoms with van der Waals surface area (Å²) in [6, 6.07) is 1.58. The number of aromatic nitrogens is 1. The van der Waals surface area contributed by atoms with Gasteiger partial charge >= 0.3 is 12.3 Å². The van der Waals surface area contributed by atoms with Gasteiger partial charge in [0, 0.05) is 18.3 Å². The predicted octanol–water partition coefficient (Wildman–Crippen LogP) is 2.18. The third kappa shape index (κ3) is 7.19. The van der Waals surface area contributed by atoms with Crippen molar-refractivity contribution >= 4 is 12.0 Å². The van der Waals surface area contributed by atoms with Gasteiger partial charge in [-0.2, -0.15) is 13.2 Å². The summed E-state index contributed by atoms with van der Waals surface area (Å²) in [4.78, 5) is 28.3. The molecule has 2 amide bonds. The number of nitrogens with one attached hydrogen (secondary N) is 4. The van der Waals surface area contributed by atoms with Gasteiger partial charge in [-0.15, -0.1) is 0 Å². The lowest BCUT2D eigenvalue weighted by atomic mass is 9.96. The van der Waals surface area contributed by atoms with Crippen molar-refractivity contribution < 1.29 is 32.2 Å². The summed E-state index contributed by atoms with van der Waals surface area (Å²) in [6.07, 6.45) is -2.19. The monoisotopic (exact) mass is 473 g/mol. The van der Waals surface area contributed by atoms with Gasteiger partial charge in [0.25, 0.3) is 0 Å². The van der Waals surface area contributed by atoms with Crippen LogP contribution in [0.5, 0.6) is 5.88 Å². The molecule has 4 N–H and O–H groups in total. The number of alkyl carbamates (subject to hydrolysis) is 1. The van der Waals surface area contributed by atoms with Gasteiger partial charge in [0.1, 0.15) is 12.1 Å². The van der Waals surface area contributed by atoms with E-state index in [1.807, 2.05) is 5.32 Å². The predicted molar refractivity (Wildman–Crippen MR) is 112 cm³/mol. The number of pyridine rings is 1. The largest absolute Gasteiger partial charge is 0.481 e. The maximum absolute atomic E-state index is 12.8. The number of halogens is 3. The first-order chi connectivity index (χ1) is 15.7. The number of rotatable bonds is 8. The Bertz CT molecular complexity index is 825. The highest BCUT2D eigenvalue weighted by atomic mass is 19.4. The number of hydrogen-bond acceptors (Lipinski definition) is 7. The van der Waals surface area contributed by atoms with Crippen LogP contribution in [0, 0.1) is 5.92 Å². The van der Waals surface area contributed by atoms with Crippen LogP contribution in [0.2, 0.25) is 0 Å². The molecule has 184 valence electrons. The number of hydrogen-bond donors (Lipinski definition) is 4. The van der Waals surface area contributed by atoms with Gasteiger partial charge in [-0.05, 0) is 49.7 Å². The molecule has 2 fully saturated rings. The molecule has 0 spiro atoms. The Morgan fingerprint density at radius 1 is 1.27 bits per heavy atom. The van der Waals surface area contributed by atoms with E-state index < -0.39 is 24.4 Å². The zero-order valence-corrected chi connectivity index (χ0v) is 18.6. The molecule has 0 aromatic carbocycles. The van der Waals surface area contributed by atoms with E-state index in [-0.39, 0.29) is 36.9 Å². The minimum absolute atomic E-state index is 0.0477. The number of nitrogens with zero attached hydrogens (tertiary/aromatic N) is 1. The van der Waals surface area contributed by atoms with Crippen LogP contribution in [0.25, 0.3) is 0 Å². The average Bonchev–Trinajstić information content (AvgIpc) is 3.40. The quantitative estimate of drug-likeness (QED) is 0.458. The number of ether oxygens (including phenoxy) is 2. The van der Waals surface area contributed by atoms with Crippen LogP contribution in [0.15, 0.2) is 18.3 Å². The maximum atomic E-state index is 12.8. The van der Waals surface area contributed by atoms with E-state index in [0.29, 0.717) is 25.1 Å². The molecule has 0 radical (unpaired) electrons. The SMILES string of the molecule is CCC(NC(=O)O[C@@H]1CC[C@H](C2CC(NC(=O)Cc3ccnc(OC)c3)NN2)C1)C(F)(F)F. The smallest absolute Gasteiger partial charge is 0.408 e. The van der Waals surface area contributed by atoms with Crippen molar-refractivity contribution in [3.8, 4) is 5.88 Å². The third-order valence-electron chi connectivity index (χ3n) is 6.00. The summed E-state index contributed by atoms with van der Waals surface area (Å²) in [5, 5.41) is 4.83. The Balaban J connectivity index is 1.40. The van der Waals surface area contributed by atoms with Gasteiger partial charge in [0.15, 0.2) is 0 Å². The second kappa shape index (κ2) is 11.0. The van der Waals surface area contributed by atoms with E-state index in [1.165, 1.54) is 14.0 Å². The second-order valence-corrected chi connectivity index (χ2v) is 8.38. The summed E-state index contributed by atoms with van der Waals surface area (Å²) >= 11 is 0. The van der Waals surface area contributed by atoms with Gasteiger partial charge in [-0.3, -0.25) is 10.2 Å². The fourth-order valence-corrected chi connectivity index (χ4v) is 4.28. The highest BCUT2D eigenvalue weighted by molar-refractivity contribution is 5.78. The molecule has 3 rings (SSSR count). The first-order valence-corrected chi connectivity index (χ1v) is 11.0. The van der Waals surface area contributed by atoms with E-state index in [9.17, 15) is 22.8 Å². The van der Waals surface area contributed by atoms with Gasteiger partial charge in [0.05, 0.1) is 19.7 Å². The zero-order valence-electron chi connectivity index (χ0n) is 18.6. The number of amides is 2. The summed E-state index contributed by atoms with van der Waals surface area (Å²) < 4.78 is 48.7. The van der Waals surface area contributed by atoms with Crippen molar-refractivity contribution in [2.24, 2.45) is 5.92 Å². The van der Waals surface area contributed by atoms with Crippen LogP contribution in [0.3, 0.4) is 0 Å². The molecule has 1 aliphatic carbocycles. The number of carbonyl (C=O) groups excluding carboxylic acids is 2. The van der Waals surface area contributed by atoms with Gasteiger partial charge in [-0.1, -0.05) is 6.92 Å². The molecular weight excluding hydrogens is 443 g/mol. The van der Waals surface area contributed by atoms with Crippen molar-refractivity contribution in [3.05, 3.63) is 23.9 Å². The summed E-state index contributed by atoms with van der Waals surface area (Å²) in [7, 11) is 1.51. The van der Waals surface area contributed by atoms with Crippen LogP contribution in [0.4, 0.5) is 18.0 Å². The first-order valence-electron chi connectivity index (χ1n) is 11.0. The van der Waals surface area contributed by atoms with E-state index >= 15 is 0 Å². The lowest BCUT2D eigenvalue weighted by Gasteiger charge is -2.22. The van der Waals surface area contributed by atoms with Gasteiger partial charge in [0.2, 0.25) is 11.8 Å². The summed E-state index contributed by atoms with van der Waals surface area (Å²) in [5.41, 5.74) is 7.02. The molecular formula is C21H30F3N5O4. The normalized spacial score (nSPS) is 26.0. The number of hydrazine groups is 1. The minimum atomic E-state index is -4.51. The first kappa shape index (κ1) is 25.0. The van der Waals surface area contributed by atoms with E-state index in [0.717, 1.165) is 12.0 Å². The highest BCUT2D eigenvalue weighted by Crippen LogP contribution is 2.33. The fraction of sp³-hybridized carbons (Fsp3) is 0.667. The molecule has 1 aliphatic heterocycles. The third-order valence-corrected chi connectivity index (χ3v) is 6.00. The molecule has 2 aliphatic rings. The molecule has 1 saturated carbocycles. The molecule has 1 aromatic heterocycles. The van der Waals surface area contributed by atoms with Crippen LogP contribution in [0.1, 0.15) is 44.6 Å². The van der Waals surface area contributed by atoms with Gasteiger partial charge < -0.3 is 20.1 Å². The van der Waals surface area contributed by atoms with Crippen molar-refractivity contribution in [2.45, 2.75) is 76.0 Å². The fourth-order valence-electron chi connectivity index (χ4n) is 4.28. The highest BCUT2D eigenvalue weighted by Gasteiger charge is 2.41. The second-order valence-electron chi connectivity index (χ2n) is 8.38. The Morgan fingerprint density at radius 3 is 2.76 bits per heavy atom. The molecule has 0 bridgehead atoms. The summed E-state index contributed by atoms with van der Waals surface area (Å²) in [5.74, 6) is 0.463. The topological polar surface area (TPSA) is 114 Å². The standard InChI is InChI=1S/C21H30F3N5O4/c1-3-16(21(22,23)24)26-20(31)33-14-5-4-13(10-14)15-11-17(29-28-15)27-18(30)8-12-6-7-25-19(9-12)32-2/h6-7,9,13-17,28-29H,3-5,8,10-11H2,1-2H3,(H,26,31)(H,27,30)/t13-,14+,15?,16?,17?/m0/s1.